The number of aryl methyl sites for hydroxylation is 1. The summed E-state index contributed by atoms with van der Waals surface area (Å²) in [6.45, 7) is 1.83. The van der Waals surface area contributed by atoms with Gasteiger partial charge in [0.2, 0.25) is 5.91 Å². The van der Waals surface area contributed by atoms with Crippen LogP contribution in [0.4, 0.5) is 5.69 Å². The number of rotatable bonds is 1. The highest BCUT2D eigenvalue weighted by atomic mass is 16.3. The molecule has 1 atom stereocenters. The van der Waals surface area contributed by atoms with Crippen molar-refractivity contribution in [3.8, 4) is 5.75 Å². The molecule has 0 aliphatic carbocycles. The van der Waals surface area contributed by atoms with Crippen LogP contribution in [0.25, 0.3) is 0 Å². The number of anilines is 1. The van der Waals surface area contributed by atoms with Crippen LogP contribution in [-0.4, -0.2) is 11.0 Å². The molecule has 0 saturated carbocycles. The van der Waals surface area contributed by atoms with Crippen molar-refractivity contribution in [3.63, 3.8) is 0 Å². The fourth-order valence-corrected chi connectivity index (χ4v) is 2.40. The Bertz CT molecular complexity index is 634. The molecule has 1 heterocycles. The molecule has 0 bridgehead atoms. The fraction of sp³-hybridized carbons (Fsp3) is 0.133. The highest BCUT2D eigenvalue weighted by Crippen LogP contribution is 2.37. The number of fused-ring (bicyclic) bond motifs is 1. The van der Waals surface area contributed by atoms with E-state index in [1.54, 1.807) is 12.1 Å². The molecule has 1 aliphatic rings. The van der Waals surface area contributed by atoms with Gasteiger partial charge in [0, 0.05) is 5.69 Å². The molecule has 18 heavy (non-hydrogen) atoms. The summed E-state index contributed by atoms with van der Waals surface area (Å²) in [7, 11) is 0. The summed E-state index contributed by atoms with van der Waals surface area (Å²) in [5.41, 5.74) is 3.56. The Hall–Kier alpha value is -2.29. The van der Waals surface area contributed by atoms with Crippen LogP contribution in [0.1, 0.15) is 22.6 Å². The monoisotopic (exact) mass is 239 g/mol. The second kappa shape index (κ2) is 3.88. The SMILES string of the molecule is Cc1cc(C2C(=O)Nc3ccccc32)ccc1O. The highest BCUT2D eigenvalue weighted by molar-refractivity contribution is 6.05. The number of carbonyl (C=O) groups excluding carboxylic acids is 1. The Morgan fingerprint density at radius 2 is 1.94 bits per heavy atom. The number of nitrogens with one attached hydrogen (secondary N) is 1. The minimum atomic E-state index is -0.277. The molecular formula is C15H13NO2. The molecule has 3 heteroatoms. The maximum Gasteiger partial charge on any atom is 0.236 e. The Morgan fingerprint density at radius 3 is 2.72 bits per heavy atom. The number of hydrogen-bond donors (Lipinski definition) is 2. The first-order valence-electron chi connectivity index (χ1n) is 5.86. The number of aromatic hydroxyl groups is 1. The fourth-order valence-electron chi connectivity index (χ4n) is 2.40. The smallest absolute Gasteiger partial charge is 0.236 e. The van der Waals surface area contributed by atoms with Crippen LogP contribution < -0.4 is 5.32 Å². The van der Waals surface area contributed by atoms with E-state index >= 15 is 0 Å². The lowest BCUT2D eigenvalue weighted by atomic mass is 9.91. The molecule has 0 fully saturated rings. The molecule has 0 aromatic heterocycles. The molecule has 1 amide bonds. The Morgan fingerprint density at radius 1 is 1.17 bits per heavy atom. The van der Waals surface area contributed by atoms with Gasteiger partial charge < -0.3 is 10.4 Å². The molecule has 2 aromatic rings. The van der Waals surface area contributed by atoms with Crippen LogP contribution in [0.5, 0.6) is 5.75 Å². The molecular weight excluding hydrogens is 226 g/mol. The van der Waals surface area contributed by atoms with Gasteiger partial charge in [-0.25, -0.2) is 0 Å². The summed E-state index contributed by atoms with van der Waals surface area (Å²) >= 11 is 0. The first kappa shape index (κ1) is 10.8. The molecule has 0 spiro atoms. The van der Waals surface area contributed by atoms with E-state index in [-0.39, 0.29) is 17.6 Å². The van der Waals surface area contributed by atoms with Crippen molar-refractivity contribution in [2.24, 2.45) is 0 Å². The number of carbonyl (C=O) groups is 1. The predicted molar refractivity (Wildman–Crippen MR) is 69.8 cm³/mol. The van der Waals surface area contributed by atoms with Crippen molar-refractivity contribution in [2.45, 2.75) is 12.8 Å². The maximum atomic E-state index is 12.1. The van der Waals surface area contributed by atoms with Gasteiger partial charge in [-0.15, -0.1) is 0 Å². The van der Waals surface area contributed by atoms with Crippen LogP contribution >= 0.6 is 0 Å². The van der Waals surface area contributed by atoms with E-state index in [4.69, 9.17) is 0 Å². The van der Waals surface area contributed by atoms with Gasteiger partial charge in [-0.2, -0.15) is 0 Å². The van der Waals surface area contributed by atoms with E-state index in [9.17, 15) is 9.90 Å². The van der Waals surface area contributed by atoms with E-state index < -0.39 is 0 Å². The molecule has 2 aromatic carbocycles. The standard InChI is InChI=1S/C15H13NO2/c1-9-8-10(6-7-13(9)17)14-11-4-2-3-5-12(11)16-15(14)18/h2-8,14,17H,1H3,(H,16,18). The Kier molecular flexibility index (Phi) is 2.33. The van der Waals surface area contributed by atoms with Crippen LogP contribution in [0.3, 0.4) is 0 Å². The molecule has 1 unspecified atom stereocenters. The molecule has 0 radical (unpaired) electrons. The van der Waals surface area contributed by atoms with Crippen molar-refractivity contribution in [1.29, 1.82) is 0 Å². The summed E-state index contributed by atoms with van der Waals surface area (Å²) in [5.74, 6) is -0.0350. The maximum absolute atomic E-state index is 12.1. The number of phenolic OH excluding ortho intramolecular Hbond substituents is 1. The van der Waals surface area contributed by atoms with Gasteiger partial charge in [0.1, 0.15) is 5.75 Å². The number of para-hydroxylation sites is 1. The van der Waals surface area contributed by atoms with Gasteiger partial charge >= 0.3 is 0 Å². The zero-order chi connectivity index (χ0) is 12.7. The van der Waals surface area contributed by atoms with Crippen molar-refractivity contribution in [3.05, 3.63) is 59.2 Å². The summed E-state index contributed by atoms with van der Waals surface area (Å²) in [6.07, 6.45) is 0. The van der Waals surface area contributed by atoms with Crippen LogP contribution in [0, 0.1) is 6.92 Å². The van der Waals surface area contributed by atoms with E-state index in [0.717, 1.165) is 22.4 Å². The number of phenols is 1. The van der Waals surface area contributed by atoms with Gasteiger partial charge in [-0.05, 0) is 35.7 Å². The van der Waals surface area contributed by atoms with E-state index in [1.165, 1.54) is 0 Å². The van der Waals surface area contributed by atoms with Crippen molar-refractivity contribution >= 4 is 11.6 Å². The zero-order valence-corrected chi connectivity index (χ0v) is 9.97. The average molecular weight is 239 g/mol. The minimum absolute atomic E-state index is 0.0127. The third-order valence-corrected chi connectivity index (χ3v) is 3.35. The third-order valence-electron chi connectivity index (χ3n) is 3.35. The van der Waals surface area contributed by atoms with E-state index in [0.29, 0.717) is 0 Å². The minimum Gasteiger partial charge on any atom is -0.508 e. The molecule has 1 aliphatic heterocycles. The first-order valence-corrected chi connectivity index (χ1v) is 5.86. The quantitative estimate of drug-likeness (QED) is 0.804. The van der Waals surface area contributed by atoms with Crippen LogP contribution in [-0.2, 0) is 4.79 Å². The topological polar surface area (TPSA) is 49.3 Å². The molecule has 2 N–H and O–H groups in total. The number of hydrogen-bond acceptors (Lipinski definition) is 2. The predicted octanol–water partition coefficient (Wildman–Crippen LogP) is 2.78. The van der Waals surface area contributed by atoms with Gasteiger partial charge in [-0.3, -0.25) is 4.79 Å². The summed E-state index contributed by atoms with van der Waals surface area (Å²) in [5, 5.41) is 12.4. The highest BCUT2D eigenvalue weighted by Gasteiger charge is 2.31. The molecule has 3 rings (SSSR count). The van der Waals surface area contributed by atoms with Crippen molar-refractivity contribution in [2.75, 3.05) is 5.32 Å². The van der Waals surface area contributed by atoms with Crippen molar-refractivity contribution < 1.29 is 9.90 Å². The van der Waals surface area contributed by atoms with Crippen LogP contribution in [0.2, 0.25) is 0 Å². The molecule has 0 saturated heterocycles. The van der Waals surface area contributed by atoms with Gasteiger partial charge in [0.05, 0.1) is 5.92 Å². The second-order valence-electron chi connectivity index (χ2n) is 4.56. The van der Waals surface area contributed by atoms with Gasteiger partial charge in [-0.1, -0.05) is 30.3 Å². The third kappa shape index (κ3) is 1.56. The Labute approximate surface area is 105 Å². The first-order chi connectivity index (χ1) is 8.66. The zero-order valence-electron chi connectivity index (χ0n) is 9.97. The molecule has 90 valence electrons. The van der Waals surface area contributed by atoms with Crippen LogP contribution in [0.15, 0.2) is 42.5 Å². The number of benzene rings is 2. The Balaban J connectivity index is 2.11. The summed E-state index contributed by atoms with van der Waals surface area (Å²) in [6, 6.07) is 13.0. The largest absolute Gasteiger partial charge is 0.508 e. The average Bonchev–Trinajstić information content (AvgIpc) is 2.69. The lowest BCUT2D eigenvalue weighted by Crippen LogP contribution is -2.13. The lowest BCUT2D eigenvalue weighted by Gasteiger charge is -2.10. The van der Waals surface area contributed by atoms with Crippen molar-refractivity contribution in [1.82, 2.24) is 0 Å². The van der Waals surface area contributed by atoms with Gasteiger partial charge in [0.15, 0.2) is 0 Å². The lowest BCUT2D eigenvalue weighted by molar-refractivity contribution is -0.116. The molecule has 3 nitrogen and oxygen atoms in total. The second-order valence-corrected chi connectivity index (χ2v) is 4.56. The number of amides is 1. The summed E-state index contributed by atoms with van der Waals surface area (Å²) < 4.78 is 0. The normalized spacial score (nSPS) is 17.4. The summed E-state index contributed by atoms with van der Waals surface area (Å²) in [4.78, 5) is 12.1. The van der Waals surface area contributed by atoms with E-state index in [1.807, 2.05) is 37.3 Å². The van der Waals surface area contributed by atoms with E-state index in [2.05, 4.69) is 5.32 Å². The van der Waals surface area contributed by atoms with Gasteiger partial charge in [0.25, 0.3) is 0 Å².